The van der Waals surface area contributed by atoms with Crippen LogP contribution >= 0.6 is 0 Å². The van der Waals surface area contributed by atoms with Crippen LogP contribution < -0.4 is 4.74 Å². The second kappa shape index (κ2) is 10.9. The highest BCUT2D eigenvalue weighted by Gasteiger charge is 2.21. The highest BCUT2D eigenvalue weighted by Crippen LogP contribution is 2.37. The third-order valence-corrected chi connectivity index (χ3v) is 6.07. The molecule has 0 aliphatic heterocycles. The van der Waals surface area contributed by atoms with Gasteiger partial charge in [0.25, 0.3) is 0 Å². The van der Waals surface area contributed by atoms with E-state index >= 15 is 0 Å². The summed E-state index contributed by atoms with van der Waals surface area (Å²) in [6, 6.07) is 17.5. The number of carboxylic acids is 1. The number of carbonyl (C=O) groups is 1. The number of carboxylic acid groups (broad SMARTS) is 1. The highest BCUT2D eigenvalue weighted by molar-refractivity contribution is 5.71. The molecule has 0 bridgehead atoms. The monoisotopic (exact) mass is 478 g/mol. The minimum atomic E-state index is -0.798. The van der Waals surface area contributed by atoms with Gasteiger partial charge in [0, 0.05) is 5.56 Å². The van der Waals surface area contributed by atoms with Gasteiger partial charge in [-0.15, -0.1) is 0 Å². The van der Waals surface area contributed by atoms with Crippen molar-refractivity contribution in [3.8, 4) is 22.6 Å². The van der Waals surface area contributed by atoms with Gasteiger partial charge in [-0.1, -0.05) is 58.9 Å². The lowest BCUT2D eigenvalue weighted by molar-refractivity contribution is -0.137. The Morgan fingerprint density at radius 2 is 1.66 bits per heavy atom. The Morgan fingerprint density at radius 3 is 2.26 bits per heavy atom. The predicted molar refractivity (Wildman–Crippen MR) is 137 cm³/mol. The number of aromatic hydroxyl groups is 1. The van der Waals surface area contributed by atoms with Crippen molar-refractivity contribution in [3.05, 3.63) is 83.2 Å². The number of ether oxygens (including phenoxy) is 1. The van der Waals surface area contributed by atoms with Crippen LogP contribution in [0.2, 0.25) is 0 Å². The lowest BCUT2D eigenvalue weighted by atomic mass is 9.81. The molecule has 0 spiro atoms. The van der Waals surface area contributed by atoms with Crippen molar-refractivity contribution in [2.45, 2.75) is 65.4 Å². The first kappa shape index (κ1) is 26.3. The lowest BCUT2D eigenvalue weighted by Crippen LogP contribution is -2.13. The minimum absolute atomic E-state index is 0.0154. The first-order valence-electron chi connectivity index (χ1n) is 12.0. The zero-order valence-corrected chi connectivity index (χ0v) is 21.1. The van der Waals surface area contributed by atoms with E-state index in [-0.39, 0.29) is 29.3 Å². The average Bonchev–Trinajstić information content (AvgIpc) is 2.78. The molecule has 186 valence electrons. The smallest absolute Gasteiger partial charge is 0.303 e. The molecule has 3 aromatic rings. The summed E-state index contributed by atoms with van der Waals surface area (Å²) in [5.41, 5.74) is 3.71. The Kier molecular flexibility index (Phi) is 8.21. The maximum Gasteiger partial charge on any atom is 0.303 e. The summed E-state index contributed by atoms with van der Waals surface area (Å²) in [4.78, 5) is 11.3. The zero-order chi connectivity index (χ0) is 25.8. The second-order valence-electron chi connectivity index (χ2n) is 10.6. The molecule has 0 unspecified atom stereocenters. The quantitative estimate of drug-likeness (QED) is 0.331. The van der Waals surface area contributed by atoms with Crippen molar-refractivity contribution in [3.63, 3.8) is 0 Å². The molecule has 0 aliphatic carbocycles. The molecule has 0 aromatic heterocycles. The highest BCUT2D eigenvalue weighted by atomic mass is 19.1. The van der Waals surface area contributed by atoms with Crippen molar-refractivity contribution in [2.24, 2.45) is 5.92 Å². The molecular formula is C30H35FO4. The first-order chi connectivity index (χ1) is 16.4. The normalized spacial score (nSPS) is 12.5. The molecule has 0 heterocycles. The molecule has 35 heavy (non-hydrogen) atoms. The van der Waals surface area contributed by atoms with E-state index < -0.39 is 5.97 Å². The molecule has 0 aliphatic rings. The molecule has 0 saturated heterocycles. The molecule has 0 fully saturated rings. The van der Waals surface area contributed by atoms with Crippen molar-refractivity contribution < 1.29 is 24.1 Å². The van der Waals surface area contributed by atoms with Gasteiger partial charge in [0.1, 0.15) is 23.9 Å². The molecule has 3 rings (SSSR count). The molecule has 3 aromatic carbocycles. The van der Waals surface area contributed by atoms with Crippen LogP contribution in [0.25, 0.3) is 11.1 Å². The maximum atomic E-state index is 14.7. The van der Waals surface area contributed by atoms with E-state index in [1.165, 1.54) is 18.2 Å². The number of hydrogen-bond donors (Lipinski definition) is 2. The largest absolute Gasteiger partial charge is 0.508 e. The van der Waals surface area contributed by atoms with Crippen LogP contribution in [-0.2, 0) is 16.8 Å². The first-order valence-corrected chi connectivity index (χ1v) is 12.0. The number of rotatable bonds is 9. The van der Waals surface area contributed by atoms with Crippen LogP contribution in [0.3, 0.4) is 0 Å². The fourth-order valence-electron chi connectivity index (χ4n) is 4.40. The van der Waals surface area contributed by atoms with Crippen LogP contribution in [0.5, 0.6) is 11.5 Å². The van der Waals surface area contributed by atoms with E-state index in [1.54, 1.807) is 0 Å². The predicted octanol–water partition coefficient (Wildman–Crippen LogP) is 7.68. The van der Waals surface area contributed by atoms with Gasteiger partial charge in [0.05, 0.1) is 6.42 Å². The Labute approximate surface area is 207 Å². The average molecular weight is 479 g/mol. The van der Waals surface area contributed by atoms with E-state index in [4.69, 9.17) is 4.74 Å². The number of halogens is 1. The maximum absolute atomic E-state index is 14.7. The zero-order valence-electron chi connectivity index (χ0n) is 21.1. The summed E-state index contributed by atoms with van der Waals surface area (Å²) >= 11 is 0. The topological polar surface area (TPSA) is 66.8 Å². The van der Waals surface area contributed by atoms with Crippen molar-refractivity contribution in [1.29, 1.82) is 0 Å². The van der Waals surface area contributed by atoms with Gasteiger partial charge in [0.2, 0.25) is 0 Å². The van der Waals surface area contributed by atoms with Gasteiger partial charge in [-0.2, -0.15) is 0 Å². The standard InChI is InChI=1S/C30H35FO4/c1-19(2)14-22(16-29(33)34)21-7-10-24(11-8-21)35-18-20-6-12-27(30(3,4)5)25(15-20)26-17-23(32)9-13-28(26)31/h6-13,15,17,19,22,32H,14,16,18H2,1-5H3,(H,33,34)/t22-/m1/s1. The van der Waals surface area contributed by atoms with E-state index in [2.05, 4.69) is 34.6 Å². The number of phenols is 1. The van der Waals surface area contributed by atoms with Gasteiger partial charge < -0.3 is 14.9 Å². The van der Waals surface area contributed by atoms with Crippen LogP contribution in [0, 0.1) is 11.7 Å². The lowest BCUT2D eigenvalue weighted by Gasteiger charge is -2.24. The summed E-state index contributed by atoms with van der Waals surface area (Å²) in [5, 5.41) is 19.2. The Balaban J connectivity index is 1.82. The van der Waals surface area contributed by atoms with E-state index in [0.29, 0.717) is 23.8 Å². The van der Waals surface area contributed by atoms with Gasteiger partial charge in [-0.3, -0.25) is 4.79 Å². The summed E-state index contributed by atoms with van der Waals surface area (Å²) in [6.45, 7) is 10.7. The fourth-order valence-corrected chi connectivity index (χ4v) is 4.40. The number of phenolic OH excluding ortho intramolecular Hbond substituents is 1. The SMILES string of the molecule is CC(C)C[C@H](CC(=O)O)c1ccc(OCc2ccc(C(C)(C)C)c(-c3cc(O)ccc3F)c2)cc1. The fraction of sp³-hybridized carbons (Fsp3) is 0.367. The van der Waals surface area contributed by atoms with E-state index in [0.717, 1.165) is 28.7 Å². The molecule has 0 radical (unpaired) electrons. The molecule has 0 saturated carbocycles. The number of benzene rings is 3. The van der Waals surface area contributed by atoms with Gasteiger partial charge in [-0.05, 0) is 82.3 Å². The van der Waals surface area contributed by atoms with Gasteiger partial charge in [-0.25, -0.2) is 4.39 Å². The molecule has 5 heteroatoms. The number of hydrogen-bond acceptors (Lipinski definition) is 3. The molecule has 0 amide bonds. The molecular weight excluding hydrogens is 443 g/mol. The second-order valence-corrected chi connectivity index (χ2v) is 10.6. The third-order valence-electron chi connectivity index (χ3n) is 6.07. The van der Waals surface area contributed by atoms with Crippen LogP contribution in [0.15, 0.2) is 60.7 Å². The Morgan fingerprint density at radius 1 is 0.971 bits per heavy atom. The number of aliphatic carboxylic acids is 1. The summed E-state index contributed by atoms with van der Waals surface area (Å²) < 4.78 is 20.7. The molecule has 2 N–H and O–H groups in total. The van der Waals surface area contributed by atoms with Crippen molar-refractivity contribution in [1.82, 2.24) is 0 Å². The summed E-state index contributed by atoms with van der Waals surface area (Å²) in [7, 11) is 0. The van der Waals surface area contributed by atoms with Crippen molar-refractivity contribution >= 4 is 5.97 Å². The van der Waals surface area contributed by atoms with Crippen LogP contribution in [-0.4, -0.2) is 16.2 Å². The van der Waals surface area contributed by atoms with Crippen LogP contribution in [0.4, 0.5) is 4.39 Å². The third kappa shape index (κ3) is 7.08. The Bertz CT molecular complexity index is 1160. The van der Waals surface area contributed by atoms with Crippen LogP contribution in [0.1, 0.15) is 70.1 Å². The summed E-state index contributed by atoms with van der Waals surface area (Å²) in [5.74, 6) is -0.130. The van der Waals surface area contributed by atoms with E-state index in [1.807, 2.05) is 42.5 Å². The molecule has 1 atom stereocenters. The minimum Gasteiger partial charge on any atom is -0.508 e. The summed E-state index contributed by atoms with van der Waals surface area (Å²) in [6.07, 6.45) is 0.911. The Hall–Kier alpha value is -3.34. The van der Waals surface area contributed by atoms with Gasteiger partial charge in [0.15, 0.2) is 0 Å². The van der Waals surface area contributed by atoms with Gasteiger partial charge >= 0.3 is 5.97 Å². The van der Waals surface area contributed by atoms with Crippen molar-refractivity contribution in [2.75, 3.05) is 0 Å². The molecule has 4 nitrogen and oxygen atoms in total. The van der Waals surface area contributed by atoms with E-state index in [9.17, 15) is 19.4 Å².